The van der Waals surface area contributed by atoms with Crippen molar-refractivity contribution in [1.82, 2.24) is 10.3 Å². The Bertz CT molecular complexity index is 484. The van der Waals surface area contributed by atoms with E-state index in [1.165, 1.54) is 15.4 Å². The van der Waals surface area contributed by atoms with Gasteiger partial charge in [0, 0.05) is 17.5 Å². The summed E-state index contributed by atoms with van der Waals surface area (Å²) in [5.41, 5.74) is 1.25. The molecule has 2 aromatic heterocycles. The summed E-state index contributed by atoms with van der Waals surface area (Å²) in [7, 11) is 0. The lowest BCUT2D eigenvalue weighted by molar-refractivity contribution is 0.588. The molecule has 0 amide bonds. The highest BCUT2D eigenvalue weighted by atomic mass is 32.1. The number of thiazole rings is 1. The van der Waals surface area contributed by atoms with Gasteiger partial charge in [-0.15, -0.1) is 22.7 Å². The molecule has 0 atom stereocenters. The van der Waals surface area contributed by atoms with Gasteiger partial charge in [0.25, 0.3) is 0 Å². The number of thiophene rings is 1. The van der Waals surface area contributed by atoms with E-state index in [4.69, 9.17) is 4.98 Å². The Morgan fingerprint density at radius 2 is 2.06 bits per heavy atom. The first-order valence-corrected chi connectivity index (χ1v) is 8.04. The molecule has 0 aromatic carbocycles. The van der Waals surface area contributed by atoms with E-state index in [0.29, 0.717) is 12.0 Å². The second kappa shape index (κ2) is 5.95. The Morgan fingerprint density at radius 3 is 2.61 bits per heavy atom. The molecule has 0 aliphatic rings. The molecule has 18 heavy (non-hydrogen) atoms. The first kappa shape index (κ1) is 13.7. The molecule has 0 unspecified atom stereocenters. The molecule has 0 aliphatic heterocycles. The van der Waals surface area contributed by atoms with Gasteiger partial charge < -0.3 is 5.32 Å². The third-order valence-electron chi connectivity index (χ3n) is 2.68. The standard InChI is InChI=1S/C14H20N2S2/c1-9(2)13-12(8-15-10(3)4)18-14(16-13)11-6-5-7-17-11/h5-7,9-10,15H,8H2,1-4H3. The average molecular weight is 280 g/mol. The molecule has 2 rings (SSSR count). The van der Waals surface area contributed by atoms with Gasteiger partial charge >= 0.3 is 0 Å². The van der Waals surface area contributed by atoms with E-state index in [2.05, 4.69) is 50.5 Å². The van der Waals surface area contributed by atoms with Crippen LogP contribution in [0.3, 0.4) is 0 Å². The number of hydrogen-bond acceptors (Lipinski definition) is 4. The van der Waals surface area contributed by atoms with Gasteiger partial charge in [0.05, 0.1) is 10.6 Å². The number of hydrogen-bond donors (Lipinski definition) is 1. The third kappa shape index (κ3) is 3.19. The summed E-state index contributed by atoms with van der Waals surface area (Å²) in [6.45, 7) is 9.71. The van der Waals surface area contributed by atoms with Gasteiger partial charge in [0.15, 0.2) is 0 Å². The molecule has 2 heterocycles. The van der Waals surface area contributed by atoms with Crippen LogP contribution < -0.4 is 5.32 Å². The molecule has 98 valence electrons. The van der Waals surface area contributed by atoms with E-state index < -0.39 is 0 Å². The quantitative estimate of drug-likeness (QED) is 0.872. The lowest BCUT2D eigenvalue weighted by Crippen LogP contribution is -2.22. The Hall–Kier alpha value is -0.710. The number of nitrogens with zero attached hydrogens (tertiary/aromatic N) is 1. The maximum absolute atomic E-state index is 4.82. The molecule has 2 aromatic rings. The van der Waals surface area contributed by atoms with Gasteiger partial charge in [-0.05, 0) is 17.4 Å². The topological polar surface area (TPSA) is 24.9 Å². The summed E-state index contributed by atoms with van der Waals surface area (Å²) in [6, 6.07) is 4.74. The first-order valence-electron chi connectivity index (χ1n) is 6.34. The fraction of sp³-hybridized carbons (Fsp3) is 0.500. The van der Waals surface area contributed by atoms with Gasteiger partial charge in [-0.1, -0.05) is 33.8 Å². The Balaban J connectivity index is 2.27. The van der Waals surface area contributed by atoms with Crippen molar-refractivity contribution >= 4 is 22.7 Å². The average Bonchev–Trinajstić information content (AvgIpc) is 2.94. The van der Waals surface area contributed by atoms with Crippen molar-refractivity contribution in [3.63, 3.8) is 0 Å². The van der Waals surface area contributed by atoms with Gasteiger partial charge in [-0.3, -0.25) is 0 Å². The zero-order valence-electron chi connectivity index (χ0n) is 11.4. The molecule has 4 heteroatoms. The van der Waals surface area contributed by atoms with Crippen LogP contribution in [0, 0.1) is 0 Å². The van der Waals surface area contributed by atoms with Crippen LogP contribution in [-0.2, 0) is 6.54 Å². The summed E-state index contributed by atoms with van der Waals surface area (Å²) in [4.78, 5) is 7.47. The van der Waals surface area contributed by atoms with Crippen LogP contribution in [0.5, 0.6) is 0 Å². The summed E-state index contributed by atoms with van der Waals surface area (Å²) < 4.78 is 0. The van der Waals surface area contributed by atoms with Crippen LogP contribution in [0.2, 0.25) is 0 Å². The SMILES string of the molecule is CC(C)NCc1sc(-c2cccs2)nc1C(C)C. The van der Waals surface area contributed by atoms with Crippen molar-refractivity contribution in [3.8, 4) is 9.88 Å². The summed E-state index contributed by atoms with van der Waals surface area (Å²) in [5, 5.41) is 6.76. The summed E-state index contributed by atoms with van der Waals surface area (Å²) >= 11 is 3.59. The minimum atomic E-state index is 0.485. The van der Waals surface area contributed by atoms with Crippen LogP contribution >= 0.6 is 22.7 Å². The van der Waals surface area contributed by atoms with E-state index in [1.54, 1.807) is 11.3 Å². The van der Waals surface area contributed by atoms with Crippen molar-refractivity contribution in [3.05, 3.63) is 28.1 Å². The van der Waals surface area contributed by atoms with Crippen LogP contribution in [0.1, 0.15) is 44.2 Å². The maximum Gasteiger partial charge on any atom is 0.133 e. The molecule has 1 N–H and O–H groups in total. The second-order valence-corrected chi connectivity index (χ2v) is 7.03. The highest BCUT2D eigenvalue weighted by molar-refractivity contribution is 7.21. The lowest BCUT2D eigenvalue weighted by Gasteiger charge is -2.09. The largest absolute Gasteiger partial charge is 0.310 e. The van der Waals surface area contributed by atoms with E-state index in [1.807, 2.05) is 11.3 Å². The molecule has 0 radical (unpaired) electrons. The van der Waals surface area contributed by atoms with E-state index in [9.17, 15) is 0 Å². The molecule has 0 saturated carbocycles. The Labute approximate surface area is 117 Å². The summed E-state index contributed by atoms with van der Waals surface area (Å²) in [6.07, 6.45) is 0. The summed E-state index contributed by atoms with van der Waals surface area (Å²) in [5.74, 6) is 0.485. The van der Waals surface area contributed by atoms with Crippen molar-refractivity contribution in [2.75, 3.05) is 0 Å². The van der Waals surface area contributed by atoms with Crippen LogP contribution in [0.25, 0.3) is 9.88 Å². The first-order chi connectivity index (χ1) is 8.58. The van der Waals surface area contributed by atoms with Gasteiger partial charge in [-0.2, -0.15) is 0 Å². The number of nitrogens with one attached hydrogen (secondary N) is 1. The van der Waals surface area contributed by atoms with E-state index >= 15 is 0 Å². The van der Waals surface area contributed by atoms with Crippen LogP contribution in [0.4, 0.5) is 0 Å². The normalized spacial score (nSPS) is 11.7. The highest BCUT2D eigenvalue weighted by Gasteiger charge is 2.15. The molecule has 0 bridgehead atoms. The molecule has 2 nitrogen and oxygen atoms in total. The minimum Gasteiger partial charge on any atom is -0.310 e. The molecule has 0 spiro atoms. The van der Waals surface area contributed by atoms with Crippen molar-refractivity contribution in [2.24, 2.45) is 0 Å². The van der Waals surface area contributed by atoms with Crippen molar-refractivity contribution in [2.45, 2.75) is 46.2 Å². The predicted octanol–water partition coefficient (Wildman–Crippen LogP) is 4.49. The monoisotopic (exact) mass is 280 g/mol. The smallest absolute Gasteiger partial charge is 0.133 e. The third-order valence-corrected chi connectivity index (χ3v) is 4.79. The zero-order chi connectivity index (χ0) is 13.1. The zero-order valence-corrected chi connectivity index (χ0v) is 13.0. The van der Waals surface area contributed by atoms with E-state index in [0.717, 1.165) is 11.6 Å². The maximum atomic E-state index is 4.82. The number of rotatable bonds is 5. The molecular weight excluding hydrogens is 260 g/mol. The van der Waals surface area contributed by atoms with Crippen molar-refractivity contribution in [1.29, 1.82) is 0 Å². The van der Waals surface area contributed by atoms with Gasteiger partial charge in [0.1, 0.15) is 5.01 Å². The number of aromatic nitrogens is 1. The van der Waals surface area contributed by atoms with E-state index in [-0.39, 0.29) is 0 Å². The fourth-order valence-electron chi connectivity index (χ4n) is 1.74. The highest BCUT2D eigenvalue weighted by Crippen LogP contribution is 2.33. The molecule has 0 saturated heterocycles. The van der Waals surface area contributed by atoms with Crippen LogP contribution in [0.15, 0.2) is 17.5 Å². The Morgan fingerprint density at radius 1 is 1.28 bits per heavy atom. The van der Waals surface area contributed by atoms with Gasteiger partial charge in [-0.25, -0.2) is 4.98 Å². The van der Waals surface area contributed by atoms with Crippen LogP contribution in [-0.4, -0.2) is 11.0 Å². The fourth-order valence-corrected chi connectivity index (χ4v) is 3.71. The van der Waals surface area contributed by atoms with Gasteiger partial charge in [0.2, 0.25) is 0 Å². The minimum absolute atomic E-state index is 0.485. The lowest BCUT2D eigenvalue weighted by atomic mass is 10.1. The molecule has 0 aliphatic carbocycles. The Kier molecular flexibility index (Phi) is 4.54. The molecule has 0 fully saturated rings. The second-order valence-electron chi connectivity index (χ2n) is 5.00. The predicted molar refractivity (Wildman–Crippen MR) is 81.5 cm³/mol. The van der Waals surface area contributed by atoms with Crippen molar-refractivity contribution < 1.29 is 0 Å². The molecular formula is C14H20N2S2.